The van der Waals surface area contributed by atoms with Gasteiger partial charge in [-0.2, -0.15) is 4.31 Å². The summed E-state index contributed by atoms with van der Waals surface area (Å²) in [6, 6.07) is 12.1. The number of hydrogen-bond acceptors (Lipinski definition) is 4. The number of aryl methyl sites for hydroxylation is 1. The van der Waals surface area contributed by atoms with Crippen LogP contribution in [0.4, 0.5) is 0 Å². The Hall–Kier alpha value is -2.12. The van der Waals surface area contributed by atoms with Crippen molar-refractivity contribution >= 4 is 15.9 Å². The molecule has 0 radical (unpaired) electrons. The Balaban J connectivity index is 1.52. The van der Waals surface area contributed by atoms with Gasteiger partial charge >= 0.3 is 0 Å². The van der Waals surface area contributed by atoms with Crippen molar-refractivity contribution in [1.29, 1.82) is 0 Å². The molecule has 7 heteroatoms. The maximum absolute atomic E-state index is 12.7. The quantitative estimate of drug-likeness (QED) is 0.753. The highest BCUT2D eigenvalue weighted by Gasteiger charge is 2.33. The molecule has 0 spiro atoms. The van der Waals surface area contributed by atoms with Gasteiger partial charge in [-0.25, -0.2) is 8.42 Å². The van der Waals surface area contributed by atoms with Gasteiger partial charge in [0.2, 0.25) is 15.9 Å². The summed E-state index contributed by atoms with van der Waals surface area (Å²) in [4.78, 5) is 12.7. The molecule has 1 aliphatic heterocycles. The van der Waals surface area contributed by atoms with E-state index in [1.807, 2.05) is 12.1 Å². The van der Waals surface area contributed by atoms with Gasteiger partial charge in [-0.05, 0) is 43.5 Å². The molecule has 1 saturated heterocycles. The van der Waals surface area contributed by atoms with Crippen LogP contribution in [0.25, 0.3) is 0 Å². The second-order valence-electron chi connectivity index (χ2n) is 6.49. The molecular weight excluding hydrogens is 352 g/mol. The zero-order valence-electron chi connectivity index (χ0n) is 14.6. The minimum absolute atomic E-state index is 0.0718. The SMILES string of the molecule is O=C(NCCCc1ccco1)C1CCCN(S(=O)(=O)c2ccccc2)C1. The lowest BCUT2D eigenvalue weighted by Crippen LogP contribution is -2.45. The largest absolute Gasteiger partial charge is 0.469 e. The molecule has 1 amide bonds. The Bertz CT molecular complexity index is 803. The van der Waals surface area contributed by atoms with Gasteiger partial charge in [0.05, 0.1) is 17.1 Å². The fourth-order valence-corrected chi connectivity index (χ4v) is 4.73. The standard InChI is InChI=1S/C19H24N2O4S/c22-19(20-12-4-8-17-9-6-14-25-17)16-7-5-13-21(15-16)26(23,24)18-10-2-1-3-11-18/h1-3,6,9-11,14,16H,4-5,7-8,12-13,15H2,(H,20,22). The molecule has 2 heterocycles. The zero-order chi connectivity index (χ0) is 18.4. The molecule has 26 heavy (non-hydrogen) atoms. The number of sulfonamides is 1. The lowest BCUT2D eigenvalue weighted by molar-refractivity contribution is -0.126. The first kappa shape index (κ1) is 18.7. The number of piperidine rings is 1. The third kappa shape index (κ3) is 4.53. The van der Waals surface area contributed by atoms with Crippen LogP contribution >= 0.6 is 0 Å². The molecule has 2 aromatic rings. The summed E-state index contributed by atoms with van der Waals surface area (Å²) in [7, 11) is -3.54. The van der Waals surface area contributed by atoms with Crippen LogP contribution in [0.5, 0.6) is 0 Å². The van der Waals surface area contributed by atoms with Crippen molar-refractivity contribution in [1.82, 2.24) is 9.62 Å². The van der Waals surface area contributed by atoms with Gasteiger partial charge in [0.25, 0.3) is 0 Å². The number of benzene rings is 1. The highest BCUT2D eigenvalue weighted by atomic mass is 32.2. The van der Waals surface area contributed by atoms with E-state index >= 15 is 0 Å². The van der Waals surface area contributed by atoms with Crippen LogP contribution in [0, 0.1) is 5.92 Å². The fourth-order valence-electron chi connectivity index (χ4n) is 3.19. The molecule has 0 saturated carbocycles. The number of nitrogens with one attached hydrogen (secondary N) is 1. The van der Waals surface area contributed by atoms with Crippen LogP contribution in [-0.2, 0) is 21.2 Å². The number of nitrogens with zero attached hydrogens (tertiary/aromatic N) is 1. The molecule has 0 bridgehead atoms. The molecule has 0 aliphatic carbocycles. The molecule has 1 aromatic carbocycles. The van der Waals surface area contributed by atoms with Crippen LogP contribution in [0.2, 0.25) is 0 Å². The first-order valence-corrected chi connectivity index (χ1v) is 10.4. The Kier molecular flexibility index (Phi) is 6.11. The normalized spacial score (nSPS) is 18.5. The lowest BCUT2D eigenvalue weighted by Gasteiger charge is -2.31. The Morgan fingerprint density at radius 3 is 2.73 bits per heavy atom. The van der Waals surface area contributed by atoms with Crippen molar-refractivity contribution in [2.45, 2.75) is 30.6 Å². The molecule has 1 aromatic heterocycles. The van der Waals surface area contributed by atoms with Gasteiger partial charge in [0, 0.05) is 26.1 Å². The van der Waals surface area contributed by atoms with Gasteiger partial charge in [-0.15, -0.1) is 0 Å². The van der Waals surface area contributed by atoms with Gasteiger partial charge < -0.3 is 9.73 Å². The molecule has 1 fully saturated rings. The summed E-state index contributed by atoms with van der Waals surface area (Å²) in [5, 5.41) is 2.92. The summed E-state index contributed by atoms with van der Waals surface area (Å²) in [5.74, 6) is 0.528. The second kappa shape index (κ2) is 8.51. The van der Waals surface area contributed by atoms with Gasteiger partial charge in [-0.3, -0.25) is 4.79 Å². The van der Waals surface area contributed by atoms with Crippen LogP contribution in [0.1, 0.15) is 25.0 Å². The number of furan rings is 1. The van der Waals surface area contributed by atoms with Crippen LogP contribution in [0.3, 0.4) is 0 Å². The van der Waals surface area contributed by atoms with Crippen molar-refractivity contribution in [2.24, 2.45) is 5.92 Å². The van der Waals surface area contributed by atoms with E-state index in [4.69, 9.17) is 4.42 Å². The predicted molar refractivity (Wildman–Crippen MR) is 98.0 cm³/mol. The summed E-state index contributed by atoms with van der Waals surface area (Å²) in [6.07, 6.45) is 4.60. The summed E-state index contributed by atoms with van der Waals surface area (Å²) in [5.41, 5.74) is 0. The van der Waals surface area contributed by atoms with E-state index in [9.17, 15) is 13.2 Å². The van der Waals surface area contributed by atoms with Gasteiger partial charge in [0.15, 0.2) is 0 Å². The fraction of sp³-hybridized carbons (Fsp3) is 0.421. The average molecular weight is 376 g/mol. The van der Waals surface area contributed by atoms with Crippen molar-refractivity contribution in [2.75, 3.05) is 19.6 Å². The monoisotopic (exact) mass is 376 g/mol. The van der Waals surface area contributed by atoms with Crippen molar-refractivity contribution in [3.05, 3.63) is 54.5 Å². The van der Waals surface area contributed by atoms with E-state index in [2.05, 4.69) is 5.32 Å². The molecule has 1 atom stereocenters. The number of rotatable bonds is 7. The van der Waals surface area contributed by atoms with Crippen molar-refractivity contribution in [3.63, 3.8) is 0 Å². The minimum atomic E-state index is -3.54. The van der Waals surface area contributed by atoms with Crippen LogP contribution in [-0.4, -0.2) is 38.3 Å². The highest BCUT2D eigenvalue weighted by Crippen LogP contribution is 2.23. The van der Waals surface area contributed by atoms with E-state index in [-0.39, 0.29) is 23.3 Å². The summed E-state index contributed by atoms with van der Waals surface area (Å²) < 4.78 is 32.2. The third-order valence-corrected chi connectivity index (χ3v) is 6.49. The molecular formula is C19H24N2O4S. The van der Waals surface area contributed by atoms with E-state index in [0.717, 1.165) is 18.6 Å². The molecule has 6 nitrogen and oxygen atoms in total. The Morgan fingerprint density at radius 2 is 2.00 bits per heavy atom. The van der Waals surface area contributed by atoms with E-state index in [0.29, 0.717) is 25.9 Å². The van der Waals surface area contributed by atoms with E-state index < -0.39 is 10.0 Å². The van der Waals surface area contributed by atoms with E-state index in [1.54, 1.807) is 36.6 Å². The van der Waals surface area contributed by atoms with Crippen molar-refractivity contribution < 1.29 is 17.6 Å². The lowest BCUT2D eigenvalue weighted by atomic mass is 9.99. The maximum Gasteiger partial charge on any atom is 0.243 e. The molecule has 1 N–H and O–H groups in total. The smallest absolute Gasteiger partial charge is 0.243 e. The number of hydrogen-bond donors (Lipinski definition) is 1. The Morgan fingerprint density at radius 1 is 1.19 bits per heavy atom. The summed E-state index contributed by atoms with van der Waals surface area (Å²) in [6.45, 7) is 1.25. The number of carbonyl (C=O) groups is 1. The van der Waals surface area contributed by atoms with Crippen LogP contribution < -0.4 is 5.32 Å². The van der Waals surface area contributed by atoms with E-state index in [1.165, 1.54) is 4.31 Å². The second-order valence-corrected chi connectivity index (χ2v) is 8.43. The molecule has 140 valence electrons. The number of carbonyl (C=O) groups excluding carboxylic acids is 1. The average Bonchev–Trinajstić information content (AvgIpc) is 3.19. The zero-order valence-corrected chi connectivity index (χ0v) is 15.5. The number of amides is 1. The predicted octanol–water partition coefficient (Wildman–Crippen LogP) is 2.43. The first-order chi connectivity index (χ1) is 12.6. The van der Waals surface area contributed by atoms with Gasteiger partial charge in [0.1, 0.15) is 5.76 Å². The third-order valence-electron chi connectivity index (χ3n) is 4.62. The highest BCUT2D eigenvalue weighted by molar-refractivity contribution is 7.89. The molecule has 1 unspecified atom stereocenters. The minimum Gasteiger partial charge on any atom is -0.469 e. The van der Waals surface area contributed by atoms with Gasteiger partial charge in [-0.1, -0.05) is 18.2 Å². The maximum atomic E-state index is 12.7. The Labute approximate surface area is 154 Å². The molecule has 1 aliphatic rings. The molecule has 3 rings (SSSR count). The van der Waals surface area contributed by atoms with Crippen molar-refractivity contribution in [3.8, 4) is 0 Å². The first-order valence-electron chi connectivity index (χ1n) is 8.92. The summed E-state index contributed by atoms with van der Waals surface area (Å²) >= 11 is 0. The topological polar surface area (TPSA) is 79.6 Å². The van der Waals surface area contributed by atoms with Crippen LogP contribution in [0.15, 0.2) is 58.0 Å².